The van der Waals surface area contributed by atoms with Crippen molar-refractivity contribution < 1.29 is 0 Å². The minimum atomic E-state index is 0.334. The van der Waals surface area contributed by atoms with Crippen molar-refractivity contribution in [3.05, 3.63) is 35.9 Å². The summed E-state index contributed by atoms with van der Waals surface area (Å²) < 4.78 is 0. The lowest BCUT2D eigenvalue weighted by molar-refractivity contribution is 0.297. The average molecular weight is 318 g/mol. The summed E-state index contributed by atoms with van der Waals surface area (Å²) in [5.41, 5.74) is 1.32. The van der Waals surface area contributed by atoms with Crippen LogP contribution in [0.3, 0.4) is 0 Å². The molecule has 22 heavy (non-hydrogen) atoms. The smallest absolute Gasteiger partial charge is 0.166 e. The van der Waals surface area contributed by atoms with Crippen LogP contribution in [0.1, 0.15) is 37.3 Å². The molecular weight excluding hydrogens is 290 g/mol. The zero-order valence-electron chi connectivity index (χ0n) is 13.6. The number of hydrogen-bond donors (Lipinski definition) is 2. The first kappa shape index (κ1) is 15.8. The van der Waals surface area contributed by atoms with Gasteiger partial charge in [-0.2, -0.15) is 0 Å². The summed E-state index contributed by atoms with van der Waals surface area (Å²) in [5.74, 6) is 1.80. The number of rotatable bonds is 5. The zero-order chi connectivity index (χ0) is 15.5. The lowest BCUT2D eigenvalue weighted by Gasteiger charge is -2.28. The van der Waals surface area contributed by atoms with Gasteiger partial charge in [0, 0.05) is 12.6 Å². The Bertz CT molecular complexity index is 502. The van der Waals surface area contributed by atoms with E-state index in [1.165, 1.54) is 31.2 Å². The van der Waals surface area contributed by atoms with Gasteiger partial charge in [-0.1, -0.05) is 36.8 Å². The van der Waals surface area contributed by atoms with Gasteiger partial charge in [0.15, 0.2) is 5.11 Å². The van der Waals surface area contributed by atoms with Gasteiger partial charge in [0.2, 0.25) is 0 Å². The molecule has 2 aliphatic rings. The summed E-state index contributed by atoms with van der Waals surface area (Å²) in [6.07, 6.45) is 5.53. The third kappa shape index (κ3) is 3.61. The van der Waals surface area contributed by atoms with Crippen molar-refractivity contribution in [2.75, 3.05) is 20.6 Å². The topological polar surface area (TPSA) is 27.3 Å². The number of nitrogens with one attached hydrogen (secondary N) is 2. The second kappa shape index (κ2) is 6.97. The van der Waals surface area contributed by atoms with E-state index in [0.29, 0.717) is 12.1 Å². The highest BCUT2D eigenvalue weighted by Gasteiger charge is 2.39. The summed E-state index contributed by atoms with van der Waals surface area (Å²) in [5, 5.41) is 7.81. The lowest BCUT2D eigenvalue weighted by atomic mass is 9.95. The van der Waals surface area contributed by atoms with Gasteiger partial charge in [-0.3, -0.25) is 0 Å². The molecule has 2 fully saturated rings. The molecule has 0 aromatic heterocycles. The lowest BCUT2D eigenvalue weighted by Crippen LogP contribution is -2.46. The summed E-state index contributed by atoms with van der Waals surface area (Å²) in [7, 11) is 4.23. The van der Waals surface area contributed by atoms with Gasteiger partial charge in [0.25, 0.3) is 0 Å². The third-order valence-electron chi connectivity index (χ3n) is 5.32. The van der Waals surface area contributed by atoms with Gasteiger partial charge >= 0.3 is 0 Å². The van der Waals surface area contributed by atoms with Crippen LogP contribution < -0.4 is 10.6 Å². The first-order valence-corrected chi connectivity index (χ1v) is 8.80. The largest absolute Gasteiger partial charge is 0.361 e. The average Bonchev–Trinajstić information content (AvgIpc) is 3.11. The summed E-state index contributed by atoms with van der Waals surface area (Å²) in [6, 6.07) is 11.5. The molecule has 0 heterocycles. The van der Waals surface area contributed by atoms with Crippen LogP contribution in [0.2, 0.25) is 0 Å². The first-order chi connectivity index (χ1) is 10.6. The fraction of sp³-hybridized carbons (Fsp3) is 0.611. The SMILES string of the molecule is CN(C)[C@@H](CNC(=S)N[C@@H]1C[C@@H]2CC[C@@H]1C2)c1ccccc1. The molecule has 2 N–H and O–H groups in total. The number of thiocarbonyl (C=S) groups is 1. The summed E-state index contributed by atoms with van der Waals surface area (Å²) in [4.78, 5) is 2.24. The van der Waals surface area contributed by atoms with Crippen LogP contribution in [-0.2, 0) is 0 Å². The minimum absolute atomic E-state index is 0.334. The molecule has 1 aromatic carbocycles. The summed E-state index contributed by atoms with van der Waals surface area (Å²) in [6.45, 7) is 0.837. The molecule has 2 saturated carbocycles. The van der Waals surface area contributed by atoms with Crippen molar-refractivity contribution in [1.82, 2.24) is 15.5 Å². The molecule has 0 spiro atoms. The maximum atomic E-state index is 5.52. The van der Waals surface area contributed by atoms with E-state index in [1.54, 1.807) is 0 Å². The number of hydrogen-bond acceptors (Lipinski definition) is 2. The Morgan fingerprint density at radius 1 is 1.23 bits per heavy atom. The van der Waals surface area contributed by atoms with Crippen LogP contribution >= 0.6 is 12.2 Å². The van der Waals surface area contributed by atoms with Crippen LogP contribution in [0.5, 0.6) is 0 Å². The highest BCUT2D eigenvalue weighted by Crippen LogP contribution is 2.44. The maximum absolute atomic E-state index is 5.52. The molecule has 2 bridgehead atoms. The monoisotopic (exact) mass is 317 g/mol. The normalized spacial score (nSPS) is 27.9. The van der Waals surface area contributed by atoms with E-state index >= 15 is 0 Å². The van der Waals surface area contributed by atoms with Crippen LogP contribution in [0.25, 0.3) is 0 Å². The van der Waals surface area contributed by atoms with E-state index in [1.807, 2.05) is 0 Å². The third-order valence-corrected chi connectivity index (χ3v) is 5.58. The molecule has 120 valence electrons. The minimum Gasteiger partial charge on any atom is -0.361 e. The molecule has 2 aliphatic carbocycles. The maximum Gasteiger partial charge on any atom is 0.166 e. The van der Waals surface area contributed by atoms with E-state index in [-0.39, 0.29) is 0 Å². The Kier molecular flexibility index (Phi) is 4.99. The molecule has 3 nitrogen and oxygen atoms in total. The van der Waals surface area contributed by atoms with Crippen molar-refractivity contribution in [3.8, 4) is 0 Å². The molecular formula is C18H27N3S. The number of nitrogens with zero attached hydrogens (tertiary/aromatic N) is 1. The number of benzene rings is 1. The van der Waals surface area contributed by atoms with Crippen LogP contribution in [0.15, 0.2) is 30.3 Å². The quantitative estimate of drug-likeness (QED) is 0.817. The zero-order valence-corrected chi connectivity index (χ0v) is 14.4. The Morgan fingerprint density at radius 2 is 2.00 bits per heavy atom. The van der Waals surface area contributed by atoms with E-state index in [2.05, 4.69) is 60.0 Å². The summed E-state index contributed by atoms with van der Waals surface area (Å²) >= 11 is 5.52. The van der Waals surface area contributed by atoms with E-state index in [9.17, 15) is 0 Å². The van der Waals surface area contributed by atoms with Crippen LogP contribution in [-0.4, -0.2) is 36.7 Å². The van der Waals surface area contributed by atoms with E-state index in [4.69, 9.17) is 12.2 Å². The molecule has 0 unspecified atom stereocenters. The van der Waals surface area contributed by atoms with E-state index in [0.717, 1.165) is 23.5 Å². The molecule has 3 rings (SSSR count). The Balaban J connectivity index is 1.50. The Hall–Kier alpha value is -1.13. The van der Waals surface area contributed by atoms with Gasteiger partial charge in [0.1, 0.15) is 0 Å². The van der Waals surface area contributed by atoms with Crippen molar-refractivity contribution in [1.29, 1.82) is 0 Å². The highest BCUT2D eigenvalue weighted by molar-refractivity contribution is 7.80. The molecule has 0 radical (unpaired) electrons. The van der Waals surface area contributed by atoms with Gasteiger partial charge in [-0.05, 0) is 63.0 Å². The predicted octanol–water partition coefficient (Wildman–Crippen LogP) is 2.94. The fourth-order valence-electron chi connectivity index (χ4n) is 4.10. The molecule has 4 heteroatoms. The van der Waals surface area contributed by atoms with Gasteiger partial charge in [-0.25, -0.2) is 0 Å². The standard InChI is InChI=1S/C18H27N3S/c1-21(2)17(14-6-4-3-5-7-14)12-19-18(22)20-16-11-13-8-9-15(16)10-13/h3-7,13,15-17H,8-12H2,1-2H3,(H2,19,20,22)/t13-,15-,16-,17+/m1/s1. The van der Waals surface area contributed by atoms with E-state index < -0.39 is 0 Å². The van der Waals surface area contributed by atoms with Crippen LogP contribution in [0, 0.1) is 11.8 Å². The van der Waals surface area contributed by atoms with Crippen molar-refractivity contribution in [3.63, 3.8) is 0 Å². The predicted molar refractivity (Wildman–Crippen MR) is 95.8 cm³/mol. The van der Waals surface area contributed by atoms with Crippen LogP contribution in [0.4, 0.5) is 0 Å². The number of likely N-dealkylation sites (N-methyl/N-ethyl adjacent to an activating group) is 1. The second-order valence-electron chi connectivity index (χ2n) is 7.03. The number of fused-ring (bicyclic) bond motifs is 2. The second-order valence-corrected chi connectivity index (χ2v) is 7.43. The molecule has 0 aliphatic heterocycles. The van der Waals surface area contributed by atoms with Crippen molar-refractivity contribution in [2.45, 2.75) is 37.8 Å². The Morgan fingerprint density at radius 3 is 2.59 bits per heavy atom. The molecule has 4 atom stereocenters. The first-order valence-electron chi connectivity index (χ1n) is 8.39. The van der Waals surface area contributed by atoms with Crippen molar-refractivity contribution >= 4 is 17.3 Å². The molecule has 0 amide bonds. The van der Waals surface area contributed by atoms with Gasteiger partial charge < -0.3 is 15.5 Å². The molecule has 0 saturated heterocycles. The fourth-order valence-corrected chi connectivity index (χ4v) is 4.34. The van der Waals surface area contributed by atoms with Crippen molar-refractivity contribution in [2.24, 2.45) is 11.8 Å². The molecule has 1 aromatic rings. The highest BCUT2D eigenvalue weighted by atomic mass is 32.1. The Labute approximate surface area is 139 Å². The van der Waals surface area contributed by atoms with Gasteiger partial charge in [-0.15, -0.1) is 0 Å². The van der Waals surface area contributed by atoms with Gasteiger partial charge in [0.05, 0.1) is 6.04 Å².